The second kappa shape index (κ2) is 4.63. The number of rotatable bonds is 3. The summed E-state index contributed by atoms with van der Waals surface area (Å²) in [4.78, 5) is 27.3. The number of aliphatic imine (C=N–C) groups is 2. The summed E-state index contributed by atoms with van der Waals surface area (Å²) in [6.45, 7) is 2.05. The fraction of sp³-hybridized carbons (Fsp3) is 0.714. The molecule has 70 valence electrons. The average Bonchev–Trinajstić information content (AvgIpc) is 2.50. The van der Waals surface area contributed by atoms with E-state index in [4.69, 9.17) is 0 Å². The quantitative estimate of drug-likeness (QED) is 0.530. The smallest absolute Gasteiger partial charge is 0.211 e. The fourth-order valence-corrected chi connectivity index (χ4v) is 3.93. The summed E-state index contributed by atoms with van der Waals surface area (Å²) >= 11 is 2.79. The maximum absolute atomic E-state index is 10.1. The Labute approximate surface area is 84.3 Å². The normalized spacial score (nSPS) is 31.9. The summed E-state index contributed by atoms with van der Waals surface area (Å²) in [7, 11) is 0. The molecule has 0 radical (unpaired) electrons. The number of isocyanates is 2. The Morgan fingerprint density at radius 2 is 2.08 bits per heavy atom. The van der Waals surface area contributed by atoms with Crippen molar-refractivity contribution in [2.24, 2.45) is 9.98 Å². The molecule has 0 aromatic rings. The van der Waals surface area contributed by atoms with E-state index in [0.717, 1.165) is 12.2 Å². The van der Waals surface area contributed by atoms with Crippen molar-refractivity contribution in [3.8, 4) is 0 Å². The van der Waals surface area contributed by atoms with Gasteiger partial charge in [-0.1, -0.05) is 30.4 Å². The van der Waals surface area contributed by atoms with Crippen LogP contribution in [0.4, 0.5) is 0 Å². The molecule has 1 aliphatic heterocycles. The molecule has 0 aromatic heterocycles. The van der Waals surface area contributed by atoms with Crippen molar-refractivity contribution in [3.05, 3.63) is 0 Å². The monoisotopic (exact) mass is 216 g/mol. The van der Waals surface area contributed by atoms with Crippen molar-refractivity contribution in [3.63, 3.8) is 0 Å². The molecule has 0 amide bonds. The second-order valence-corrected chi connectivity index (χ2v) is 5.34. The molecule has 0 aliphatic carbocycles. The van der Waals surface area contributed by atoms with Crippen molar-refractivity contribution >= 4 is 35.7 Å². The van der Waals surface area contributed by atoms with E-state index in [1.165, 1.54) is 35.7 Å². The van der Waals surface area contributed by atoms with Crippen LogP contribution in [0.2, 0.25) is 0 Å². The molecule has 1 atom stereocenters. The van der Waals surface area contributed by atoms with Gasteiger partial charge in [-0.05, 0) is 6.42 Å². The van der Waals surface area contributed by atoms with Crippen LogP contribution >= 0.6 is 23.5 Å². The van der Waals surface area contributed by atoms with E-state index in [1.54, 1.807) is 0 Å². The molecular formula is C7H8N2O2S2. The number of thioether (sulfide) groups is 2. The van der Waals surface area contributed by atoms with E-state index in [0.29, 0.717) is 5.25 Å². The Morgan fingerprint density at radius 3 is 2.46 bits per heavy atom. The van der Waals surface area contributed by atoms with E-state index in [9.17, 15) is 9.59 Å². The van der Waals surface area contributed by atoms with E-state index in [2.05, 4.69) is 9.98 Å². The molecule has 6 heteroatoms. The Bertz CT molecular complexity index is 264. The minimum Gasteiger partial charge on any atom is -0.211 e. The van der Waals surface area contributed by atoms with Gasteiger partial charge < -0.3 is 0 Å². The van der Waals surface area contributed by atoms with Crippen LogP contribution in [0.25, 0.3) is 0 Å². The molecule has 0 saturated carbocycles. The zero-order chi connectivity index (χ0) is 9.73. The Morgan fingerprint density at radius 1 is 1.46 bits per heavy atom. The Hall–Kier alpha value is -0.540. The molecular weight excluding hydrogens is 208 g/mol. The third-order valence-electron chi connectivity index (χ3n) is 1.61. The highest BCUT2D eigenvalue weighted by molar-refractivity contribution is 8.21. The van der Waals surface area contributed by atoms with Gasteiger partial charge in [0.25, 0.3) is 4.33 Å². The summed E-state index contributed by atoms with van der Waals surface area (Å²) in [5.41, 5.74) is 0. The minimum atomic E-state index is -0.996. The number of nitrogens with zero attached hydrogens (tertiary/aromatic N) is 2. The lowest BCUT2D eigenvalue weighted by molar-refractivity contribution is 0.557. The van der Waals surface area contributed by atoms with Crippen molar-refractivity contribution in [1.82, 2.24) is 0 Å². The molecule has 0 aromatic carbocycles. The van der Waals surface area contributed by atoms with E-state index in [-0.39, 0.29) is 0 Å². The largest absolute Gasteiger partial charge is 0.268 e. The average molecular weight is 216 g/mol. The van der Waals surface area contributed by atoms with Crippen LogP contribution in [0.15, 0.2) is 9.98 Å². The summed E-state index contributed by atoms with van der Waals surface area (Å²) in [5, 5.41) is 0.388. The molecule has 0 bridgehead atoms. The molecule has 1 rings (SSSR count). The van der Waals surface area contributed by atoms with Gasteiger partial charge in [-0.2, -0.15) is 9.98 Å². The summed E-state index contributed by atoms with van der Waals surface area (Å²) in [6, 6.07) is 0. The fourth-order valence-electron chi connectivity index (χ4n) is 0.945. The van der Waals surface area contributed by atoms with Crippen molar-refractivity contribution < 1.29 is 9.59 Å². The number of hydrogen-bond acceptors (Lipinski definition) is 6. The van der Waals surface area contributed by atoms with Crippen LogP contribution < -0.4 is 0 Å². The van der Waals surface area contributed by atoms with Crippen LogP contribution in [0, 0.1) is 0 Å². The molecule has 1 aliphatic rings. The predicted octanol–water partition coefficient (Wildman–Crippen LogP) is 1.53. The first-order valence-electron chi connectivity index (χ1n) is 3.76. The van der Waals surface area contributed by atoms with Gasteiger partial charge in [0.05, 0.1) is 0 Å². The lowest BCUT2D eigenvalue weighted by Gasteiger charge is -2.12. The molecule has 13 heavy (non-hydrogen) atoms. The third-order valence-corrected chi connectivity index (χ3v) is 4.91. The van der Waals surface area contributed by atoms with Gasteiger partial charge in [0.2, 0.25) is 12.2 Å². The molecule has 0 spiro atoms. The maximum atomic E-state index is 10.1. The van der Waals surface area contributed by atoms with E-state index < -0.39 is 4.33 Å². The van der Waals surface area contributed by atoms with Crippen molar-refractivity contribution in [2.75, 3.05) is 5.75 Å². The topological polar surface area (TPSA) is 58.9 Å². The van der Waals surface area contributed by atoms with Crippen molar-refractivity contribution in [1.29, 1.82) is 0 Å². The highest BCUT2D eigenvalue weighted by atomic mass is 32.2. The highest BCUT2D eigenvalue weighted by Crippen LogP contribution is 2.50. The zero-order valence-electron chi connectivity index (χ0n) is 7.02. The van der Waals surface area contributed by atoms with Gasteiger partial charge >= 0.3 is 0 Å². The van der Waals surface area contributed by atoms with Gasteiger partial charge in [0, 0.05) is 11.0 Å². The van der Waals surface area contributed by atoms with Crippen LogP contribution in [-0.4, -0.2) is 27.5 Å². The van der Waals surface area contributed by atoms with Crippen LogP contribution in [0.3, 0.4) is 0 Å². The standard InChI is InChI=1S/C7H8N2O2S2/c1-2-6-3-12-7(13-6,8-4-10)9-5-11/h6H,2-3H2,1H3. The second-order valence-electron chi connectivity index (χ2n) is 2.41. The van der Waals surface area contributed by atoms with Gasteiger partial charge in [-0.3, -0.25) is 0 Å². The molecule has 1 heterocycles. The molecule has 4 nitrogen and oxygen atoms in total. The van der Waals surface area contributed by atoms with Crippen molar-refractivity contribution in [2.45, 2.75) is 22.9 Å². The molecule has 1 saturated heterocycles. The lowest BCUT2D eigenvalue weighted by atomic mass is 10.4. The highest BCUT2D eigenvalue weighted by Gasteiger charge is 2.40. The molecule has 0 N–H and O–H groups in total. The van der Waals surface area contributed by atoms with E-state index in [1.807, 2.05) is 6.92 Å². The van der Waals surface area contributed by atoms with Gasteiger partial charge in [-0.15, -0.1) is 0 Å². The summed E-state index contributed by atoms with van der Waals surface area (Å²) < 4.78 is -0.996. The van der Waals surface area contributed by atoms with Crippen LogP contribution in [0.1, 0.15) is 13.3 Å². The first kappa shape index (κ1) is 10.5. The van der Waals surface area contributed by atoms with Crippen LogP contribution in [0.5, 0.6) is 0 Å². The SMILES string of the molecule is CCC1CSC(N=C=O)(N=C=O)S1. The lowest BCUT2D eigenvalue weighted by Crippen LogP contribution is -2.09. The molecule has 1 fully saturated rings. The van der Waals surface area contributed by atoms with Gasteiger partial charge in [-0.25, -0.2) is 9.59 Å². The molecule has 1 unspecified atom stereocenters. The first-order chi connectivity index (χ1) is 6.26. The van der Waals surface area contributed by atoms with Gasteiger partial charge in [0.15, 0.2) is 0 Å². The third kappa shape index (κ3) is 2.45. The Balaban J connectivity index is 2.82. The van der Waals surface area contributed by atoms with Gasteiger partial charge in [0.1, 0.15) is 0 Å². The number of hydrogen-bond donors (Lipinski definition) is 0. The predicted molar refractivity (Wildman–Crippen MR) is 53.1 cm³/mol. The van der Waals surface area contributed by atoms with Crippen LogP contribution in [-0.2, 0) is 9.59 Å². The zero-order valence-corrected chi connectivity index (χ0v) is 8.65. The maximum Gasteiger partial charge on any atom is 0.268 e. The summed E-state index contributed by atoms with van der Waals surface area (Å²) in [5.74, 6) is 0.845. The number of carbonyl (C=O) groups excluding carboxylic acids is 2. The Kier molecular flexibility index (Phi) is 3.75. The van der Waals surface area contributed by atoms with E-state index >= 15 is 0 Å². The first-order valence-corrected chi connectivity index (χ1v) is 5.62. The minimum absolute atomic E-state index is 0.388. The summed E-state index contributed by atoms with van der Waals surface area (Å²) in [6.07, 6.45) is 3.86.